The third-order valence-electron chi connectivity index (χ3n) is 4.75. The van der Waals surface area contributed by atoms with Crippen molar-refractivity contribution in [1.29, 1.82) is 0 Å². The number of carbonyl (C=O) groups is 2. The molecule has 1 aromatic carbocycles. The van der Waals surface area contributed by atoms with Crippen molar-refractivity contribution < 1.29 is 22.7 Å². The molecule has 0 amide bonds. The number of hydrogen-bond donors (Lipinski definition) is 1. The van der Waals surface area contributed by atoms with Crippen molar-refractivity contribution in [2.45, 2.75) is 32.6 Å². The molecule has 0 unspecified atom stereocenters. The summed E-state index contributed by atoms with van der Waals surface area (Å²) in [5.74, 6) is -1.11. The van der Waals surface area contributed by atoms with Crippen LogP contribution in [0.1, 0.15) is 44.6 Å². The van der Waals surface area contributed by atoms with Crippen LogP contribution in [0.5, 0.6) is 0 Å². The molecule has 0 spiro atoms. The number of thiazole rings is 1. The molecule has 164 valence electrons. The molecular formula is C21H23N3O5S2. The first kappa shape index (κ1) is 22.9. The Bertz CT molecular complexity index is 1230. The predicted octanol–water partition coefficient (Wildman–Crippen LogP) is 3.20. The van der Waals surface area contributed by atoms with Crippen LogP contribution in [-0.4, -0.2) is 42.9 Å². The lowest BCUT2D eigenvalue weighted by molar-refractivity contribution is 0.0473. The lowest BCUT2D eigenvalue weighted by Gasteiger charge is -2.10. The van der Waals surface area contributed by atoms with Crippen LogP contribution < -0.4 is 4.72 Å². The number of nitrogens with one attached hydrogen (secondary N) is 1. The van der Waals surface area contributed by atoms with E-state index in [-0.39, 0.29) is 22.8 Å². The van der Waals surface area contributed by atoms with Gasteiger partial charge in [-0.1, -0.05) is 13.0 Å². The first-order valence-electron chi connectivity index (χ1n) is 9.55. The van der Waals surface area contributed by atoms with Crippen LogP contribution in [0, 0.1) is 20.8 Å². The van der Waals surface area contributed by atoms with E-state index >= 15 is 0 Å². The van der Waals surface area contributed by atoms with Gasteiger partial charge in [0.2, 0.25) is 15.8 Å². The molecule has 0 saturated heterocycles. The zero-order valence-corrected chi connectivity index (χ0v) is 19.3. The van der Waals surface area contributed by atoms with E-state index in [2.05, 4.69) is 9.71 Å². The monoisotopic (exact) mass is 461 g/mol. The molecule has 0 atom stereocenters. The number of esters is 1. The van der Waals surface area contributed by atoms with E-state index in [9.17, 15) is 18.0 Å². The number of aromatic nitrogens is 2. The molecule has 8 nitrogen and oxygen atoms in total. The van der Waals surface area contributed by atoms with Crippen molar-refractivity contribution in [3.8, 4) is 5.13 Å². The molecule has 2 heterocycles. The fourth-order valence-electron chi connectivity index (χ4n) is 3.21. The molecule has 0 aliphatic heterocycles. The maximum absolute atomic E-state index is 12.7. The molecule has 0 bridgehead atoms. The van der Waals surface area contributed by atoms with Crippen LogP contribution in [-0.2, 0) is 14.8 Å². The van der Waals surface area contributed by atoms with Gasteiger partial charge in [0.05, 0.1) is 10.5 Å². The third kappa shape index (κ3) is 4.76. The number of ether oxygens (including phenoxy) is 1. The molecule has 10 heteroatoms. The Morgan fingerprint density at radius 3 is 2.55 bits per heavy atom. The van der Waals surface area contributed by atoms with Crippen molar-refractivity contribution in [1.82, 2.24) is 14.3 Å². The number of benzene rings is 1. The lowest BCUT2D eigenvalue weighted by Crippen LogP contribution is -2.23. The minimum absolute atomic E-state index is 0.0368. The number of hydrogen-bond acceptors (Lipinski definition) is 7. The molecule has 3 rings (SSSR count). The second kappa shape index (κ2) is 9.13. The molecule has 3 aromatic rings. The van der Waals surface area contributed by atoms with E-state index in [1.165, 1.54) is 29.5 Å². The summed E-state index contributed by atoms with van der Waals surface area (Å²) in [6.07, 6.45) is 1.69. The highest BCUT2D eigenvalue weighted by Gasteiger charge is 2.21. The highest BCUT2D eigenvalue weighted by molar-refractivity contribution is 7.89. The normalized spacial score (nSPS) is 11.5. The van der Waals surface area contributed by atoms with Crippen LogP contribution in [0.25, 0.3) is 5.13 Å². The Balaban J connectivity index is 1.77. The molecule has 0 aliphatic rings. The molecule has 31 heavy (non-hydrogen) atoms. The van der Waals surface area contributed by atoms with Crippen molar-refractivity contribution in [2.24, 2.45) is 0 Å². The molecular weight excluding hydrogens is 438 g/mol. The quantitative estimate of drug-likeness (QED) is 0.408. The first-order chi connectivity index (χ1) is 14.7. The van der Waals surface area contributed by atoms with Gasteiger partial charge in [0, 0.05) is 35.1 Å². The summed E-state index contributed by atoms with van der Waals surface area (Å²) < 4.78 is 33.9. The van der Waals surface area contributed by atoms with Crippen molar-refractivity contribution >= 4 is 33.1 Å². The number of carbonyl (C=O) groups excluding carboxylic acids is 2. The average molecular weight is 462 g/mol. The van der Waals surface area contributed by atoms with E-state index in [4.69, 9.17) is 4.74 Å². The van der Waals surface area contributed by atoms with Crippen LogP contribution in [0.4, 0.5) is 0 Å². The summed E-state index contributed by atoms with van der Waals surface area (Å²) in [5.41, 5.74) is 2.65. The zero-order valence-electron chi connectivity index (χ0n) is 17.6. The molecule has 0 radical (unpaired) electrons. The fourth-order valence-corrected chi connectivity index (χ4v) is 5.03. The van der Waals surface area contributed by atoms with Crippen LogP contribution in [0.15, 0.2) is 40.7 Å². The van der Waals surface area contributed by atoms with Gasteiger partial charge in [0.1, 0.15) is 0 Å². The highest BCUT2D eigenvalue weighted by Crippen LogP contribution is 2.23. The summed E-state index contributed by atoms with van der Waals surface area (Å²) in [6, 6.07) is 5.95. The van der Waals surface area contributed by atoms with Gasteiger partial charge in [-0.25, -0.2) is 22.9 Å². The van der Waals surface area contributed by atoms with E-state index in [1.54, 1.807) is 26.1 Å². The van der Waals surface area contributed by atoms with Crippen LogP contribution >= 0.6 is 11.3 Å². The van der Waals surface area contributed by atoms with Gasteiger partial charge in [0.25, 0.3) is 0 Å². The summed E-state index contributed by atoms with van der Waals surface area (Å²) in [5, 5.41) is 2.60. The predicted molar refractivity (Wildman–Crippen MR) is 118 cm³/mol. The molecule has 2 aromatic heterocycles. The highest BCUT2D eigenvalue weighted by atomic mass is 32.2. The standard InChI is InChI=1S/C21H23N3O5S2/c1-5-23-31(27,28)16-7-6-13(2)17(11-16)20(26)29-12-19(25)18-10-14(3)24(15(18)4)21-22-8-9-30-21/h6-11,23H,5,12H2,1-4H3. The maximum Gasteiger partial charge on any atom is 0.338 e. The Labute approximate surface area is 184 Å². The molecule has 1 N–H and O–H groups in total. The van der Waals surface area contributed by atoms with Gasteiger partial charge in [-0.3, -0.25) is 9.36 Å². The minimum Gasteiger partial charge on any atom is -0.454 e. The number of sulfonamides is 1. The smallest absolute Gasteiger partial charge is 0.338 e. The summed E-state index contributed by atoms with van der Waals surface area (Å²) in [7, 11) is -3.72. The number of ketones is 1. The van der Waals surface area contributed by atoms with Gasteiger partial charge in [-0.15, -0.1) is 11.3 Å². The second-order valence-corrected chi connectivity index (χ2v) is 9.55. The second-order valence-electron chi connectivity index (χ2n) is 6.91. The number of Topliss-reactive ketones (excluding diaryl/α,β-unsaturated/α-hetero) is 1. The van der Waals surface area contributed by atoms with E-state index in [0.717, 1.165) is 10.8 Å². The largest absolute Gasteiger partial charge is 0.454 e. The Morgan fingerprint density at radius 2 is 1.90 bits per heavy atom. The van der Waals surface area contributed by atoms with Crippen molar-refractivity contribution in [2.75, 3.05) is 13.2 Å². The summed E-state index contributed by atoms with van der Waals surface area (Å²) >= 11 is 1.45. The minimum atomic E-state index is -3.72. The van der Waals surface area contributed by atoms with Gasteiger partial charge in [-0.05, 0) is 44.5 Å². The van der Waals surface area contributed by atoms with E-state index in [0.29, 0.717) is 16.8 Å². The number of rotatable bonds is 8. The summed E-state index contributed by atoms with van der Waals surface area (Å²) in [6.45, 7) is 6.79. The van der Waals surface area contributed by atoms with Gasteiger partial charge in [0.15, 0.2) is 11.7 Å². The van der Waals surface area contributed by atoms with Crippen molar-refractivity contribution in [3.05, 3.63) is 63.9 Å². The lowest BCUT2D eigenvalue weighted by atomic mass is 10.1. The number of aryl methyl sites for hydroxylation is 2. The Hall–Kier alpha value is -2.82. The average Bonchev–Trinajstić information content (AvgIpc) is 3.33. The van der Waals surface area contributed by atoms with Gasteiger partial charge >= 0.3 is 5.97 Å². The van der Waals surface area contributed by atoms with Gasteiger partial charge in [-0.2, -0.15) is 0 Å². The molecule has 0 fully saturated rings. The Morgan fingerprint density at radius 1 is 1.16 bits per heavy atom. The summed E-state index contributed by atoms with van der Waals surface area (Å²) in [4.78, 5) is 29.5. The first-order valence-corrected chi connectivity index (χ1v) is 11.9. The molecule has 0 aliphatic carbocycles. The molecule has 0 saturated carbocycles. The van der Waals surface area contributed by atoms with Gasteiger partial charge < -0.3 is 4.74 Å². The number of nitrogens with zero attached hydrogens (tertiary/aromatic N) is 2. The maximum atomic E-state index is 12.7. The van der Waals surface area contributed by atoms with Crippen LogP contribution in [0.2, 0.25) is 0 Å². The van der Waals surface area contributed by atoms with Crippen LogP contribution in [0.3, 0.4) is 0 Å². The van der Waals surface area contributed by atoms with E-state index in [1.807, 2.05) is 23.8 Å². The Kier molecular flexibility index (Phi) is 6.73. The van der Waals surface area contributed by atoms with Crippen molar-refractivity contribution in [3.63, 3.8) is 0 Å². The topological polar surface area (TPSA) is 107 Å². The zero-order chi connectivity index (χ0) is 22.8. The third-order valence-corrected chi connectivity index (χ3v) is 7.05. The fraction of sp³-hybridized carbons (Fsp3) is 0.286. The van der Waals surface area contributed by atoms with E-state index < -0.39 is 22.6 Å². The SMILES string of the molecule is CCNS(=O)(=O)c1ccc(C)c(C(=O)OCC(=O)c2cc(C)n(-c3nccs3)c2C)c1.